The fourth-order valence-corrected chi connectivity index (χ4v) is 5.08. The maximum absolute atomic E-state index is 13.4. The average molecular weight is 392 g/mol. The highest BCUT2D eigenvalue weighted by Gasteiger charge is 2.41. The first-order valence-corrected chi connectivity index (χ1v) is 9.95. The zero-order valence-corrected chi connectivity index (χ0v) is 16.8. The second-order valence-electron chi connectivity index (χ2n) is 8.09. The highest BCUT2D eigenvalue weighted by atomic mass is 35.5. The maximum atomic E-state index is 13.4. The lowest BCUT2D eigenvalue weighted by molar-refractivity contribution is -0.146. The Bertz CT molecular complexity index is 655. The maximum Gasteiger partial charge on any atom is 0.228 e. The molecule has 0 radical (unpaired) electrons. The molecule has 0 aromatic heterocycles. The number of nitrogens with zero attached hydrogens (tertiary/aromatic N) is 2. The molecule has 0 aliphatic carbocycles. The van der Waals surface area contributed by atoms with Crippen LogP contribution in [-0.4, -0.2) is 54.8 Å². The summed E-state index contributed by atoms with van der Waals surface area (Å²) in [5.41, 5.74) is 1.07. The van der Waals surface area contributed by atoms with Gasteiger partial charge in [0.05, 0.1) is 12.0 Å². The molecule has 27 heavy (non-hydrogen) atoms. The molecule has 3 fully saturated rings. The van der Waals surface area contributed by atoms with Crippen LogP contribution in [-0.2, 0) is 9.59 Å². The standard InChI is InChI=1S/C21H29N3O2.ClH/c1-23-19(25)8-7-18(20(23)15-5-3-2-4-6-15)21(26)24-11-9-16-13-22-14-17(16)10-12-24;/h2-6,16-18,20,22H,7-14H2,1H3;1H/t16-,17+,18?,20?;. The molecule has 4 atom stereocenters. The van der Waals surface area contributed by atoms with Gasteiger partial charge in [-0.2, -0.15) is 0 Å². The Morgan fingerprint density at radius 3 is 2.30 bits per heavy atom. The van der Waals surface area contributed by atoms with Gasteiger partial charge >= 0.3 is 0 Å². The second kappa shape index (κ2) is 8.61. The largest absolute Gasteiger partial charge is 0.342 e. The van der Waals surface area contributed by atoms with Crippen molar-refractivity contribution in [2.45, 2.75) is 31.7 Å². The van der Waals surface area contributed by atoms with E-state index in [0.717, 1.165) is 44.6 Å². The van der Waals surface area contributed by atoms with Crippen LogP contribution in [0.4, 0.5) is 0 Å². The summed E-state index contributed by atoms with van der Waals surface area (Å²) in [7, 11) is 1.85. The van der Waals surface area contributed by atoms with E-state index < -0.39 is 0 Å². The van der Waals surface area contributed by atoms with E-state index in [1.54, 1.807) is 4.90 Å². The first-order valence-electron chi connectivity index (χ1n) is 9.95. The topological polar surface area (TPSA) is 52.7 Å². The number of piperidine rings is 1. The third kappa shape index (κ3) is 3.99. The third-order valence-electron chi connectivity index (χ3n) is 6.65. The minimum Gasteiger partial charge on any atom is -0.342 e. The predicted octanol–water partition coefficient (Wildman–Crippen LogP) is 2.48. The molecule has 3 aliphatic heterocycles. The molecule has 5 nitrogen and oxygen atoms in total. The van der Waals surface area contributed by atoms with Crippen LogP contribution in [0.1, 0.15) is 37.3 Å². The number of hydrogen-bond donors (Lipinski definition) is 1. The third-order valence-corrected chi connectivity index (χ3v) is 6.65. The van der Waals surface area contributed by atoms with Gasteiger partial charge in [0.25, 0.3) is 0 Å². The number of halogens is 1. The van der Waals surface area contributed by atoms with Gasteiger partial charge in [0.2, 0.25) is 11.8 Å². The first-order chi connectivity index (χ1) is 12.6. The van der Waals surface area contributed by atoms with Crippen LogP contribution >= 0.6 is 12.4 Å². The summed E-state index contributed by atoms with van der Waals surface area (Å²) >= 11 is 0. The number of benzene rings is 1. The van der Waals surface area contributed by atoms with E-state index in [1.165, 1.54) is 0 Å². The van der Waals surface area contributed by atoms with E-state index >= 15 is 0 Å². The Balaban J connectivity index is 0.00000210. The van der Waals surface area contributed by atoms with Gasteiger partial charge in [-0.15, -0.1) is 12.4 Å². The molecule has 4 rings (SSSR count). The van der Waals surface area contributed by atoms with Gasteiger partial charge in [0.15, 0.2) is 0 Å². The van der Waals surface area contributed by atoms with Gasteiger partial charge in [0, 0.05) is 26.6 Å². The van der Waals surface area contributed by atoms with Crippen molar-refractivity contribution in [1.82, 2.24) is 15.1 Å². The van der Waals surface area contributed by atoms with Crippen molar-refractivity contribution in [3.8, 4) is 0 Å². The van der Waals surface area contributed by atoms with Crippen molar-refractivity contribution in [1.29, 1.82) is 0 Å². The number of carbonyl (C=O) groups excluding carboxylic acids is 2. The SMILES string of the molecule is CN1C(=O)CCC(C(=O)N2CC[C@@H]3CNC[C@@H]3CC2)C1c1ccccc1.Cl. The van der Waals surface area contributed by atoms with Gasteiger partial charge in [-0.3, -0.25) is 9.59 Å². The summed E-state index contributed by atoms with van der Waals surface area (Å²) in [4.78, 5) is 29.6. The number of nitrogens with one attached hydrogen (secondary N) is 1. The van der Waals surface area contributed by atoms with Crippen molar-refractivity contribution >= 4 is 24.2 Å². The van der Waals surface area contributed by atoms with Crippen molar-refractivity contribution in [3.05, 3.63) is 35.9 Å². The van der Waals surface area contributed by atoms with Crippen molar-refractivity contribution in [2.75, 3.05) is 33.2 Å². The lowest BCUT2D eigenvalue weighted by Crippen LogP contribution is -2.48. The molecule has 148 valence electrons. The van der Waals surface area contributed by atoms with Gasteiger partial charge in [-0.1, -0.05) is 30.3 Å². The molecule has 1 aromatic carbocycles. The Hall–Kier alpha value is -1.59. The summed E-state index contributed by atoms with van der Waals surface area (Å²) < 4.78 is 0. The first kappa shape index (κ1) is 20.2. The summed E-state index contributed by atoms with van der Waals surface area (Å²) in [6, 6.07) is 9.90. The number of carbonyl (C=O) groups is 2. The molecule has 0 bridgehead atoms. The molecule has 2 unspecified atom stereocenters. The number of likely N-dealkylation sites (tertiary alicyclic amines) is 2. The average Bonchev–Trinajstić information content (AvgIpc) is 3.02. The van der Waals surface area contributed by atoms with Crippen LogP contribution in [0.5, 0.6) is 0 Å². The normalized spacial score (nSPS) is 31.1. The molecule has 1 aromatic rings. The Morgan fingerprint density at radius 1 is 1.04 bits per heavy atom. The fourth-order valence-electron chi connectivity index (χ4n) is 5.08. The van der Waals surface area contributed by atoms with E-state index in [2.05, 4.69) is 10.2 Å². The van der Waals surface area contributed by atoms with Crippen molar-refractivity contribution in [2.24, 2.45) is 17.8 Å². The van der Waals surface area contributed by atoms with Crippen molar-refractivity contribution < 1.29 is 9.59 Å². The minimum atomic E-state index is -0.144. The summed E-state index contributed by atoms with van der Waals surface area (Å²) in [6.45, 7) is 3.91. The second-order valence-corrected chi connectivity index (χ2v) is 8.09. The molecule has 0 saturated carbocycles. The van der Waals surface area contributed by atoms with Crippen LogP contribution in [0, 0.1) is 17.8 Å². The quantitative estimate of drug-likeness (QED) is 0.842. The number of rotatable bonds is 2. The van der Waals surface area contributed by atoms with Crippen LogP contribution in [0.3, 0.4) is 0 Å². The zero-order chi connectivity index (χ0) is 18.1. The molecular formula is C21H30ClN3O2. The van der Waals surface area contributed by atoms with Crippen LogP contribution in [0.2, 0.25) is 0 Å². The Labute approximate surface area is 167 Å². The van der Waals surface area contributed by atoms with Crippen molar-refractivity contribution in [3.63, 3.8) is 0 Å². The van der Waals surface area contributed by atoms with Gasteiger partial charge in [-0.25, -0.2) is 0 Å². The molecule has 6 heteroatoms. The number of hydrogen-bond acceptors (Lipinski definition) is 3. The molecular weight excluding hydrogens is 362 g/mol. The molecule has 3 aliphatic rings. The molecule has 3 saturated heterocycles. The smallest absolute Gasteiger partial charge is 0.228 e. The van der Waals surface area contributed by atoms with Gasteiger partial charge in [-0.05, 0) is 49.8 Å². The van der Waals surface area contributed by atoms with E-state index in [-0.39, 0.29) is 36.2 Å². The summed E-state index contributed by atoms with van der Waals surface area (Å²) in [5.74, 6) is 1.68. The minimum absolute atomic E-state index is 0. The molecule has 0 spiro atoms. The van der Waals surface area contributed by atoms with Crippen LogP contribution < -0.4 is 5.32 Å². The van der Waals surface area contributed by atoms with Gasteiger partial charge < -0.3 is 15.1 Å². The zero-order valence-electron chi connectivity index (χ0n) is 16.0. The summed E-state index contributed by atoms with van der Waals surface area (Å²) in [5, 5.41) is 3.49. The number of amides is 2. The number of fused-ring (bicyclic) bond motifs is 1. The molecule has 1 N–H and O–H groups in total. The van der Waals surface area contributed by atoms with Gasteiger partial charge in [0.1, 0.15) is 0 Å². The fraction of sp³-hybridized carbons (Fsp3) is 0.619. The molecule has 3 heterocycles. The van der Waals surface area contributed by atoms with E-state index in [0.29, 0.717) is 24.7 Å². The Kier molecular flexibility index (Phi) is 6.43. The highest BCUT2D eigenvalue weighted by Crippen LogP contribution is 2.37. The van der Waals surface area contributed by atoms with E-state index in [9.17, 15) is 9.59 Å². The van der Waals surface area contributed by atoms with E-state index in [1.807, 2.05) is 37.4 Å². The Morgan fingerprint density at radius 2 is 1.67 bits per heavy atom. The van der Waals surface area contributed by atoms with Crippen LogP contribution in [0.25, 0.3) is 0 Å². The lowest BCUT2D eigenvalue weighted by Gasteiger charge is -2.40. The monoisotopic (exact) mass is 391 g/mol. The van der Waals surface area contributed by atoms with E-state index in [4.69, 9.17) is 0 Å². The highest BCUT2D eigenvalue weighted by molar-refractivity contribution is 5.85. The molecule has 2 amide bonds. The predicted molar refractivity (Wildman–Crippen MR) is 108 cm³/mol. The lowest BCUT2D eigenvalue weighted by atomic mass is 9.83. The summed E-state index contributed by atoms with van der Waals surface area (Å²) in [6.07, 6.45) is 3.33. The van der Waals surface area contributed by atoms with Crippen LogP contribution in [0.15, 0.2) is 30.3 Å².